The zero-order chi connectivity index (χ0) is 9.35. The third kappa shape index (κ3) is 1.82. The highest BCUT2D eigenvalue weighted by atomic mass is 32.2. The first-order chi connectivity index (χ1) is 5.39. The largest absolute Gasteiger partial charge is 0.493 e. The number of nitrogens with zero attached hydrogens (tertiary/aromatic N) is 1. The van der Waals surface area contributed by atoms with Crippen molar-refractivity contribution in [2.45, 2.75) is 5.16 Å². The molecule has 7 heteroatoms. The van der Waals surface area contributed by atoms with Gasteiger partial charge in [-0.1, -0.05) is 0 Å². The van der Waals surface area contributed by atoms with E-state index in [1.165, 1.54) is 0 Å². The number of aromatic nitrogens is 2. The smallest absolute Gasteiger partial charge is 0.255 e. The molecule has 0 bridgehead atoms. The van der Waals surface area contributed by atoms with Crippen molar-refractivity contribution in [3.63, 3.8) is 0 Å². The molecule has 0 aliphatic rings. The molecule has 0 fully saturated rings. The Balaban J connectivity index is 3.48. The fourth-order valence-corrected chi connectivity index (χ4v) is 1.14. The van der Waals surface area contributed by atoms with E-state index in [-0.39, 0.29) is 0 Å². The highest BCUT2D eigenvalue weighted by Gasteiger charge is 2.10. The van der Waals surface area contributed by atoms with Gasteiger partial charge in [-0.05, 0) is 0 Å². The van der Waals surface area contributed by atoms with Crippen LogP contribution in [0.4, 0.5) is 0 Å². The maximum atomic E-state index is 10.8. The van der Waals surface area contributed by atoms with Crippen LogP contribution in [0.5, 0.6) is 5.88 Å². The molecule has 0 radical (unpaired) electrons. The van der Waals surface area contributed by atoms with Gasteiger partial charge >= 0.3 is 0 Å². The summed E-state index contributed by atoms with van der Waals surface area (Å²) in [6.07, 6.45) is 0.880. The van der Waals surface area contributed by atoms with Gasteiger partial charge in [0.2, 0.25) is 20.9 Å². The Kier molecular flexibility index (Phi) is 1.89. The third-order valence-corrected chi connectivity index (χ3v) is 1.95. The Labute approximate surface area is 67.8 Å². The number of hydrogen-bond acceptors (Lipinski definition) is 5. The highest BCUT2D eigenvalue weighted by molar-refractivity contribution is 7.90. The van der Waals surface area contributed by atoms with Gasteiger partial charge < -0.3 is 5.11 Å². The number of hydrogen-bond donors (Lipinski definition) is 2. The molecule has 66 valence electrons. The minimum Gasteiger partial charge on any atom is -0.493 e. The maximum absolute atomic E-state index is 10.8. The molecule has 0 saturated carbocycles. The van der Waals surface area contributed by atoms with Crippen LogP contribution in [-0.2, 0) is 9.84 Å². The first kappa shape index (κ1) is 8.72. The number of aromatic hydroxyl groups is 1. The molecule has 12 heavy (non-hydrogen) atoms. The van der Waals surface area contributed by atoms with Crippen LogP contribution in [0, 0.1) is 0 Å². The molecule has 0 saturated heterocycles. The SMILES string of the molecule is CS(=O)(=O)c1nc(O)cc(=O)[nH]1. The molecule has 0 atom stereocenters. The Morgan fingerprint density at radius 3 is 2.58 bits per heavy atom. The molecule has 1 heterocycles. The Morgan fingerprint density at radius 1 is 1.58 bits per heavy atom. The predicted octanol–water partition coefficient (Wildman–Crippen LogP) is -1.12. The van der Waals surface area contributed by atoms with E-state index in [2.05, 4.69) is 4.98 Å². The Morgan fingerprint density at radius 2 is 2.17 bits per heavy atom. The highest BCUT2D eigenvalue weighted by Crippen LogP contribution is 2.02. The van der Waals surface area contributed by atoms with E-state index in [1.807, 2.05) is 4.98 Å². The van der Waals surface area contributed by atoms with Crippen molar-refractivity contribution in [1.82, 2.24) is 9.97 Å². The van der Waals surface area contributed by atoms with Gasteiger partial charge in [0.05, 0.1) is 6.07 Å². The van der Waals surface area contributed by atoms with Crippen LogP contribution in [0.15, 0.2) is 16.0 Å². The lowest BCUT2D eigenvalue weighted by atomic mass is 10.6. The summed E-state index contributed by atoms with van der Waals surface area (Å²) < 4.78 is 21.6. The van der Waals surface area contributed by atoms with Gasteiger partial charge in [0.25, 0.3) is 5.56 Å². The average Bonchev–Trinajstić information content (AvgIpc) is 1.82. The van der Waals surface area contributed by atoms with Crippen LogP contribution in [0.3, 0.4) is 0 Å². The second kappa shape index (κ2) is 2.59. The van der Waals surface area contributed by atoms with Gasteiger partial charge in [0, 0.05) is 6.26 Å². The van der Waals surface area contributed by atoms with E-state index in [1.54, 1.807) is 0 Å². The minimum atomic E-state index is -3.57. The van der Waals surface area contributed by atoms with E-state index in [0.29, 0.717) is 0 Å². The van der Waals surface area contributed by atoms with Crippen LogP contribution in [0.25, 0.3) is 0 Å². The van der Waals surface area contributed by atoms with Gasteiger partial charge in [-0.2, -0.15) is 4.98 Å². The van der Waals surface area contributed by atoms with Crippen molar-refractivity contribution in [3.8, 4) is 5.88 Å². The molecule has 0 amide bonds. The van der Waals surface area contributed by atoms with Gasteiger partial charge in [-0.15, -0.1) is 0 Å². The van der Waals surface area contributed by atoms with Crippen molar-refractivity contribution in [3.05, 3.63) is 16.4 Å². The van der Waals surface area contributed by atoms with E-state index in [9.17, 15) is 13.2 Å². The topological polar surface area (TPSA) is 100 Å². The second-order valence-electron chi connectivity index (χ2n) is 2.18. The van der Waals surface area contributed by atoms with Gasteiger partial charge in [-0.25, -0.2) is 8.42 Å². The monoisotopic (exact) mass is 190 g/mol. The molecule has 1 aromatic rings. The fourth-order valence-electron chi connectivity index (χ4n) is 0.599. The summed E-state index contributed by atoms with van der Waals surface area (Å²) in [5.74, 6) is -0.612. The van der Waals surface area contributed by atoms with Crippen molar-refractivity contribution in [2.75, 3.05) is 6.26 Å². The molecule has 0 unspecified atom stereocenters. The lowest BCUT2D eigenvalue weighted by molar-refractivity contribution is 0.442. The molecule has 1 rings (SSSR count). The predicted molar refractivity (Wildman–Crippen MR) is 39.6 cm³/mol. The van der Waals surface area contributed by atoms with Crippen LogP contribution in [0.1, 0.15) is 0 Å². The lowest BCUT2D eigenvalue weighted by Gasteiger charge is -1.95. The van der Waals surface area contributed by atoms with E-state index in [0.717, 1.165) is 12.3 Å². The van der Waals surface area contributed by atoms with Crippen LogP contribution in [-0.4, -0.2) is 29.7 Å². The van der Waals surface area contributed by atoms with E-state index < -0.39 is 26.4 Å². The summed E-state index contributed by atoms with van der Waals surface area (Å²) in [7, 11) is -3.57. The van der Waals surface area contributed by atoms with Crippen molar-refractivity contribution < 1.29 is 13.5 Å². The Hall–Kier alpha value is -1.37. The fraction of sp³-hybridized carbons (Fsp3) is 0.200. The van der Waals surface area contributed by atoms with Gasteiger partial charge in [-0.3, -0.25) is 9.78 Å². The molecule has 0 aliphatic carbocycles. The van der Waals surface area contributed by atoms with Crippen molar-refractivity contribution >= 4 is 9.84 Å². The zero-order valence-electron chi connectivity index (χ0n) is 6.10. The number of sulfone groups is 1. The van der Waals surface area contributed by atoms with Crippen LogP contribution in [0.2, 0.25) is 0 Å². The minimum absolute atomic E-state index is 0.535. The zero-order valence-corrected chi connectivity index (χ0v) is 6.92. The summed E-state index contributed by atoms with van der Waals surface area (Å²) in [5, 5.41) is 8.23. The van der Waals surface area contributed by atoms with Gasteiger partial charge in [0.15, 0.2) is 0 Å². The molecule has 0 spiro atoms. The first-order valence-electron chi connectivity index (χ1n) is 2.90. The normalized spacial score (nSPS) is 11.4. The van der Waals surface area contributed by atoms with E-state index >= 15 is 0 Å². The molecular weight excluding hydrogens is 184 g/mol. The number of nitrogens with one attached hydrogen (secondary N) is 1. The Bertz CT molecular complexity index is 447. The molecule has 1 aromatic heterocycles. The number of rotatable bonds is 1. The average molecular weight is 190 g/mol. The second-order valence-corrected chi connectivity index (χ2v) is 4.11. The molecular formula is C5H6N2O4S. The first-order valence-corrected chi connectivity index (χ1v) is 4.79. The van der Waals surface area contributed by atoms with Gasteiger partial charge in [0.1, 0.15) is 0 Å². The summed E-state index contributed by atoms with van der Waals surface area (Å²) in [5.41, 5.74) is -0.706. The summed E-state index contributed by atoms with van der Waals surface area (Å²) in [6, 6.07) is 0.786. The molecule has 6 nitrogen and oxygen atoms in total. The summed E-state index contributed by atoms with van der Waals surface area (Å²) >= 11 is 0. The van der Waals surface area contributed by atoms with Crippen molar-refractivity contribution in [2.24, 2.45) is 0 Å². The molecule has 0 aliphatic heterocycles. The lowest BCUT2D eigenvalue weighted by Crippen LogP contribution is -2.13. The van der Waals surface area contributed by atoms with E-state index in [4.69, 9.17) is 5.11 Å². The summed E-state index contributed by atoms with van der Waals surface area (Å²) in [4.78, 5) is 15.8. The standard InChI is InChI=1S/C5H6N2O4S/c1-12(10,11)5-6-3(8)2-4(9)7-5/h2H,1H3,(H2,6,7,8,9). The van der Waals surface area contributed by atoms with Crippen LogP contribution >= 0.6 is 0 Å². The summed E-state index contributed by atoms with van der Waals surface area (Å²) in [6.45, 7) is 0. The molecule has 2 N–H and O–H groups in total. The van der Waals surface area contributed by atoms with Crippen LogP contribution < -0.4 is 5.56 Å². The molecule has 0 aromatic carbocycles. The number of H-pyrrole nitrogens is 1. The number of aromatic amines is 1. The maximum Gasteiger partial charge on any atom is 0.255 e. The quantitative estimate of drug-likeness (QED) is 0.546. The third-order valence-electron chi connectivity index (χ3n) is 1.06. The van der Waals surface area contributed by atoms with Crippen molar-refractivity contribution in [1.29, 1.82) is 0 Å².